The molecule has 0 fully saturated rings. The van der Waals surface area contributed by atoms with Gasteiger partial charge in [0.2, 0.25) is 0 Å². The standard InChI is InChI=1S/C22H20BrN7O6/c1-13-19(23)20(30(33)34)27-29(13)11-17-26-22(36-28-17)21(32)25-9-8-24-18(31)12-35-16-7-6-14-4-2-3-5-15(14)10-16/h2-7,10H,8-9,11-12H2,1H3,(H,24,31)(H,25,32). The van der Waals surface area contributed by atoms with Crippen molar-refractivity contribution in [1.29, 1.82) is 0 Å². The van der Waals surface area contributed by atoms with E-state index < -0.39 is 10.8 Å². The van der Waals surface area contributed by atoms with Gasteiger partial charge in [-0.15, -0.1) is 0 Å². The molecular formula is C22H20BrN7O6. The number of nitrogens with zero attached hydrogens (tertiary/aromatic N) is 5. The maximum absolute atomic E-state index is 12.2. The lowest BCUT2D eigenvalue weighted by Crippen LogP contribution is -2.36. The molecule has 2 amide bonds. The third-order valence-electron chi connectivity index (χ3n) is 5.07. The summed E-state index contributed by atoms with van der Waals surface area (Å²) in [7, 11) is 0. The van der Waals surface area contributed by atoms with E-state index in [1.807, 2.05) is 36.4 Å². The van der Waals surface area contributed by atoms with Crippen LogP contribution in [0.25, 0.3) is 10.8 Å². The second-order valence-electron chi connectivity index (χ2n) is 7.56. The fraction of sp³-hybridized carbons (Fsp3) is 0.227. The number of nitrogens with one attached hydrogen (secondary N) is 2. The fourth-order valence-electron chi connectivity index (χ4n) is 3.23. The van der Waals surface area contributed by atoms with Gasteiger partial charge in [0, 0.05) is 13.1 Å². The average molecular weight is 558 g/mol. The molecule has 186 valence electrons. The summed E-state index contributed by atoms with van der Waals surface area (Å²) in [5, 5.41) is 25.9. The number of ether oxygens (including phenoxy) is 1. The highest BCUT2D eigenvalue weighted by Crippen LogP contribution is 2.27. The van der Waals surface area contributed by atoms with Gasteiger partial charge in [-0.2, -0.15) is 9.67 Å². The second kappa shape index (κ2) is 10.9. The molecule has 0 spiro atoms. The SMILES string of the molecule is Cc1c(Br)c([N+](=O)[O-])nn1Cc1noc(C(=O)NCCNC(=O)COc2ccc3ccccc3c2)n1. The minimum atomic E-state index is -0.625. The molecule has 2 aromatic carbocycles. The van der Waals surface area contributed by atoms with Gasteiger partial charge in [0.15, 0.2) is 12.4 Å². The molecule has 36 heavy (non-hydrogen) atoms. The van der Waals surface area contributed by atoms with Crippen LogP contribution in [-0.2, 0) is 11.3 Å². The molecule has 2 aromatic heterocycles. The molecule has 0 radical (unpaired) electrons. The van der Waals surface area contributed by atoms with Gasteiger partial charge in [-0.3, -0.25) is 9.59 Å². The molecule has 2 heterocycles. The number of halogens is 1. The lowest BCUT2D eigenvalue weighted by atomic mass is 10.1. The normalized spacial score (nSPS) is 10.8. The van der Waals surface area contributed by atoms with Crippen LogP contribution in [0.2, 0.25) is 0 Å². The first-order valence-electron chi connectivity index (χ1n) is 10.7. The van der Waals surface area contributed by atoms with Crippen molar-refractivity contribution >= 4 is 44.3 Å². The fourth-order valence-corrected chi connectivity index (χ4v) is 3.66. The number of benzene rings is 2. The Kier molecular flexibility index (Phi) is 7.53. The van der Waals surface area contributed by atoms with E-state index in [1.165, 1.54) is 4.68 Å². The lowest BCUT2D eigenvalue weighted by Gasteiger charge is -2.08. The zero-order chi connectivity index (χ0) is 25.7. The molecule has 0 aliphatic rings. The quantitative estimate of drug-likeness (QED) is 0.169. The van der Waals surface area contributed by atoms with Gasteiger partial charge in [0.25, 0.3) is 5.91 Å². The van der Waals surface area contributed by atoms with Crippen LogP contribution >= 0.6 is 15.9 Å². The molecule has 0 aliphatic carbocycles. The van der Waals surface area contributed by atoms with Gasteiger partial charge in [-0.25, -0.2) is 0 Å². The Balaban J connectivity index is 1.20. The summed E-state index contributed by atoms with van der Waals surface area (Å²) >= 11 is 3.13. The van der Waals surface area contributed by atoms with Crippen LogP contribution < -0.4 is 15.4 Å². The van der Waals surface area contributed by atoms with E-state index in [1.54, 1.807) is 13.0 Å². The van der Waals surface area contributed by atoms with Gasteiger partial charge < -0.3 is 30.0 Å². The maximum atomic E-state index is 12.2. The molecule has 0 unspecified atom stereocenters. The van der Waals surface area contributed by atoms with Crippen LogP contribution in [-0.4, -0.2) is 56.4 Å². The minimum Gasteiger partial charge on any atom is -0.484 e. The first-order chi connectivity index (χ1) is 17.3. The van der Waals surface area contributed by atoms with Crippen molar-refractivity contribution in [2.45, 2.75) is 13.5 Å². The predicted octanol–water partition coefficient (Wildman–Crippen LogP) is 2.37. The number of amides is 2. The molecule has 13 nitrogen and oxygen atoms in total. The first-order valence-corrected chi connectivity index (χ1v) is 11.5. The highest BCUT2D eigenvalue weighted by molar-refractivity contribution is 9.10. The number of fused-ring (bicyclic) bond motifs is 1. The van der Waals surface area contributed by atoms with Gasteiger partial charge >= 0.3 is 17.6 Å². The molecule has 2 N–H and O–H groups in total. The summed E-state index contributed by atoms with van der Waals surface area (Å²) in [5.41, 5.74) is 0.498. The molecule has 4 rings (SSSR count). The minimum absolute atomic E-state index is 0.0255. The molecule has 0 saturated carbocycles. The van der Waals surface area contributed by atoms with Gasteiger partial charge in [0.05, 0.1) is 10.8 Å². The molecule has 0 aliphatic heterocycles. The van der Waals surface area contributed by atoms with Crippen molar-refractivity contribution in [3.63, 3.8) is 0 Å². The topological polar surface area (TPSA) is 167 Å². The number of aromatic nitrogens is 4. The Bertz CT molecular complexity index is 1430. The van der Waals surface area contributed by atoms with E-state index in [0.29, 0.717) is 11.4 Å². The molecule has 0 saturated heterocycles. The van der Waals surface area contributed by atoms with E-state index >= 15 is 0 Å². The van der Waals surface area contributed by atoms with E-state index in [2.05, 4.69) is 41.8 Å². The van der Waals surface area contributed by atoms with Crippen LogP contribution in [0, 0.1) is 17.0 Å². The average Bonchev–Trinajstić information content (AvgIpc) is 3.45. The van der Waals surface area contributed by atoms with Crippen molar-refractivity contribution < 1.29 is 23.8 Å². The number of rotatable bonds is 10. The zero-order valence-electron chi connectivity index (χ0n) is 18.9. The third kappa shape index (κ3) is 5.83. The largest absolute Gasteiger partial charge is 0.484 e. The Morgan fingerprint density at radius 3 is 2.67 bits per heavy atom. The van der Waals surface area contributed by atoms with E-state index in [9.17, 15) is 19.7 Å². The number of hydrogen-bond donors (Lipinski definition) is 2. The van der Waals surface area contributed by atoms with E-state index in [-0.39, 0.29) is 54.2 Å². The summed E-state index contributed by atoms with van der Waals surface area (Å²) < 4.78 is 12.0. The highest BCUT2D eigenvalue weighted by Gasteiger charge is 2.25. The zero-order valence-corrected chi connectivity index (χ0v) is 20.5. The molecule has 0 atom stereocenters. The Morgan fingerprint density at radius 2 is 1.92 bits per heavy atom. The Hall–Kier alpha value is -4.33. The van der Waals surface area contributed by atoms with Crippen LogP contribution in [0.1, 0.15) is 22.2 Å². The van der Waals surface area contributed by atoms with Gasteiger partial charge in [0.1, 0.15) is 16.8 Å². The highest BCUT2D eigenvalue weighted by atomic mass is 79.9. The van der Waals surface area contributed by atoms with E-state index in [4.69, 9.17) is 9.26 Å². The Morgan fingerprint density at radius 1 is 1.17 bits per heavy atom. The summed E-state index contributed by atoms with van der Waals surface area (Å²) in [6.07, 6.45) is 0. The van der Waals surface area contributed by atoms with Crippen LogP contribution in [0.15, 0.2) is 51.5 Å². The summed E-state index contributed by atoms with van der Waals surface area (Å²) in [6, 6.07) is 13.4. The van der Waals surface area contributed by atoms with E-state index in [0.717, 1.165) is 10.8 Å². The smallest absolute Gasteiger partial charge is 0.404 e. The number of hydrogen-bond acceptors (Lipinski definition) is 9. The molecule has 14 heteroatoms. The van der Waals surface area contributed by atoms with Crippen molar-refractivity contribution in [1.82, 2.24) is 30.6 Å². The second-order valence-corrected chi connectivity index (χ2v) is 8.35. The van der Waals surface area contributed by atoms with Crippen LogP contribution in [0.5, 0.6) is 5.75 Å². The summed E-state index contributed by atoms with van der Waals surface area (Å²) in [5.74, 6) is -0.885. The molecular weight excluding hydrogens is 538 g/mol. The predicted molar refractivity (Wildman–Crippen MR) is 130 cm³/mol. The molecule has 0 bridgehead atoms. The monoisotopic (exact) mass is 557 g/mol. The van der Waals surface area contributed by atoms with Crippen molar-refractivity contribution in [2.24, 2.45) is 0 Å². The summed E-state index contributed by atoms with van der Waals surface area (Å²) in [4.78, 5) is 38.6. The van der Waals surface area contributed by atoms with Gasteiger partial charge in [-0.1, -0.05) is 35.5 Å². The van der Waals surface area contributed by atoms with Crippen LogP contribution in [0.3, 0.4) is 0 Å². The van der Waals surface area contributed by atoms with Crippen molar-refractivity contribution in [2.75, 3.05) is 19.7 Å². The number of nitro groups is 1. The summed E-state index contributed by atoms with van der Waals surface area (Å²) in [6.45, 7) is 1.73. The van der Waals surface area contributed by atoms with Crippen molar-refractivity contribution in [3.05, 3.63) is 74.5 Å². The number of carbonyl (C=O) groups is 2. The maximum Gasteiger partial charge on any atom is 0.404 e. The van der Waals surface area contributed by atoms with Crippen LogP contribution in [0.4, 0.5) is 5.82 Å². The molecule has 4 aromatic rings. The number of carbonyl (C=O) groups excluding carboxylic acids is 2. The lowest BCUT2D eigenvalue weighted by molar-refractivity contribution is -0.390. The van der Waals surface area contributed by atoms with Crippen molar-refractivity contribution in [3.8, 4) is 5.75 Å². The Labute approximate surface area is 212 Å². The first kappa shape index (κ1) is 24.8. The van der Waals surface area contributed by atoms with Gasteiger partial charge in [-0.05, 0) is 50.7 Å². The third-order valence-corrected chi connectivity index (χ3v) is 6.00.